The largest absolute Gasteiger partial charge is 0.349 e. The maximum Gasteiger partial charge on any atom is 0.224 e. The number of aromatic nitrogens is 1. The summed E-state index contributed by atoms with van der Waals surface area (Å²) in [6.45, 7) is 8.01. The van der Waals surface area contributed by atoms with Gasteiger partial charge in [0.05, 0.1) is 5.69 Å². The summed E-state index contributed by atoms with van der Waals surface area (Å²) in [5.41, 5.74) is 2.80. The molecule has 0 unspecified atom stereocenters. The van der Waals surface area contributed by atoms with Crippen molar-refractivity contribution in [2.24, 2.45) is 0 Å². The van der Waals surface area contributed by atoms with Crippen molar-refractivity contribution < 1.29 is 4.79 Å². The van der Waals surface area contributed by atoms with E-state index in [2.05, 4.69) is 29.4 Å². The van der Waals surface area contributed by atoms with Gasteiger partial charge in [-0.25, -0.2) is 4.98 Å². The number of nitrogens with one attached hydrogen (secondary N) is 1. The lowest BCUT2D eigenvalue weighted by atomic mass is 10.1. The number of anilines is 2. The Bertz CT molecular complexity index is 605. The molecule has 0 aliphatic rings. The summed E-state index contributed by atoms with van der Waals surface area (Å²) in [6.07, 6.45) is 0.479. The third kappa shape index (κ3) is 3.82. The van der Waals surface area contributed by atoms with E-state index in [1.54, 1.807) is 11.3 Å². The molecule has 0 bridgehead atoms. The Balaban J connectivity index is 2.22. The molecule has 21 heavy (non-hydrogen) atoms. The molecule has 0 aliphatic heterocycles. The van der Waals surface area contributed by atoms with E-state index in [4.69, 9.17) is 4.98 Å². The Morgan fingerprint density at radius 1 is 1.29 bits per heavy atom. The number of hydrogen-bond donors (Lipinski definition) is 1. The van der Waals surface area contributed by atoms with Crippen molar-refractivity contribution in [3.8, 4) is 11.3 Å². The zero-order valence-corrected chi connectivity index (χ0v) is 13.5. The first-order valence-corrected chi connectivity index (χ1v) is 8.16. The normalized spacial score (nSPS) is 10.4. The Kier molecular flexibility index (Phi) is 5.33. The molecule has 0 saturated heterocycles. The smallest absolute Gasteiger partial charge is 0.224 e. The molecule has 1 heterocycles. The fraction of sp³-hybridized carbons (Fsp3) is 0.375. The van der Waals surface area contributed by atoms with Gasteiger partial charge >= 0.3 is 0 Å². The molecule has 0 atom stereocenters. The molecule has 1 aromatic carbocycles. The highest BCUT2D eigenvalue weighted by Gasteiger charge is 2.09. The molecule has 0 radical (unpaired) electrons. The van der Waals surface area contributed by atoms with E-state index in [-0.39, 0.29) is 5.91 Å². The van der Waals surface area contributed by atoms with Crippen molar-refractivity contribution in [2.45, 2.75) is 27.2 Å². The molecule has 112 valence electrons. The van der Waals surface area contributed by atoms with Crippen LogP contribution < -0.4 is 10.2 Å². The first kappa shape index (κ1) is 15.5. The number of amides is 1. The third-order valence-corrected chi connectivity index (χ3v) is 4.19. The molecule has 0 saturated carbocycles. The summed E-state index contributed by atoms with van der Waals surface area (Å²) in [7, 11) is 0. The van der Waals surface area contributed by atoms with Crippen LogP contribution in [0.3, 0.4) is 0 Å². The van der Waals surface area contributed by atoms with Gasteiger partial charge in [-0.1, -0.05) is 19.1 Å². The predicted octanol–water partition coefficient (Wildman–Crippen LogP) is 4.00. The average Bonchev–Trinajstić information content (AvgIpc) is 2.98. The van der Waals surface area contributed by atoms with Crippen LogP contribution in [0.4, 0.5) is 10.8 Å². The molecule has 1 amide bonds. The van der Waals surface area contributed by atoms with Gasteiger partial charge in [0.2, 0.25) is 5.91 Å². The van der Waals surface area contributed by atoms with Gasteiger partial charge < -0.3 is 10.2 Å². The minimum atomic E-state index is 0.0225. The number of carbonyl (C=O) groups excluding carboxylic acids is 1. The van der Waals surface area contributed by atoms with Crippen molar-refractivity contribution in [2.75, 3.05) is 23.3 Å². The quantitative estimate of drug-likeness (QED) is 0.877. The lowest BCUT2D eigenvalue weighted by Crippen LogP contribution is -2.21. The first-order valence-electron chi connectivity index (χ1n) is 7.28. The van der Waals surface area contributed by atoms with Gasteiger partial charge in [-0.3, -0.25) is 4.79 Å². The number of carbonyl (C=O) groups is 1. The maximum atomic E-state index is 11.5. The summed E-state index contributed by atoms with van der Waals surface area (Å²) in [5.74, 6) is 0.0225. The third-order valence-electron chi connectivity index (χ3n) is 3.29. The summed E-state index contributed by atoms with van der Waals surface area (Å²) in [6, 6.07) is 7.82. The lowest BCUT2D eigenvalue weighted by molar-refractivity contribution is -0.115. The van der Waals surface area contributed by atoms with Gasteiger partial charge in [0.15, 0.2) is 5.13 Å². The van der Waals surface area contributed by atoms with Crippen molar-refractivity contribution in [1.29, 1.82) is 0 Å². The van der Waals surface area contributed by atoms with E-state index in [9.17, 15) is 4.79 Å². The molecule has 4 nitrogen and oxygen atoms in total. The highest BCUT2D eigenvalue weighted by atomic mass is 32.1. The van der Waals surface area contributed by atoms with Crippen molar-refractivity contribution in [3.63, 3.8) is 0 Å². The van der Waals surface area contributed by atoms with Gasteiger partial charge in [-0.05, 0) is 26.0 Å². The van der Waals surface area contributed by atoms with Crippen LogP contribution >= 0.6 is 11.3 Å². The Morgan fingerprint density at radius 3 is 2.71 bits per heavy atom. The number of rotatable bonds is 6. The molecule has 0 fully saturated rings. The van der Waals surface area contributed by atoms with Crippen molar-refractivity contribution >= 4 is 28.1 Å². The number of hydrogen-bond acceptors (Lipinski definition) is 4. The van der Waals surface area contributed by atoms with E-state index in [0.29, 0.717) is 6.42 Å². The van der Waals surface area contributed by atoms with Crippen LogP contribution in [-0.4, -0.2) is 24.0 Å². The summed E-state index contributed by atoms with van der Waals surface area (Å²) in [4.78, 5) is 18.4. The van der Waals surface area contributed by atoms with Gasteiger partial charge in [-0.15, -0.1) is 11.3 Å². The zero-order chi connectivity index (χ0) is 15.2. The molecule has 0 spiro atoms. The Morgan fingerprint density at radius 2 is 2.05 bits per heavy atom. The second-order valence-electron chi connectivity index (χ2n) is 4.67. The Hall–Kier alpha value is -1.88. The van der Waals surface area contributed by atoms with Gasteiger partial charge in [-0.2, -0.15) is 0 Å². The molecule has 2 aromatic rings. The van der Waals surface area contributed by atoms with Crippen LogP contribution in [0.5, 0.6) is 0 Å². The summed E-state index contributed by atoms with van der Waals surface area (Å²) < 4.78 is 0. The second kappa shape index (κ2) is 7.22. The minimum absolute atomic E-state index is 0.0225. The van der Waals surface area contributed by atoms with Crippen LogP contribution in [0, 0.1) is 0 Å². The molecule has 1 aromatic heterocycles. The van der Waals surface area contributed by atoms with Gasteiger partial charge in [0, 0.05) is 36.1 Å². The van der Waals surface area contributed by atoms with E-state index in [1.165, 1.54) is 0 Å². The standard InChI is InChI=1S/C16H21N3OS/c1-4-15(20)17-13-9-7-8-12(10-13)14-11-21-16(18-14)19(5-2)6-3/h7-11H,4-6H2,1-3H3,(H,17,20). The number of nitrogens with zero attached hydrogens (tertiary/aromatic N) is 2. The molecule has 1 N–H and O–H groups in total. The number of benzene rings is 1. The average molecular weight is 303 g/mol. The molecule has 2 rings (SSSR count). The minimum Gasteiger partial charge on any atom is -0.349 e. The SMILES string of the molecule is CCC(=O)Nc1cccc(-c2csc(N(CC)CC)n2)c1. The zero-order valence-electron chi connectivity index (χ0n) is 12.7. The molecular weight excluding hydrogens is 282 g/mol. The van der Waals surface area contributed by atoms with E-state index in [0.717, 1.165) is 35.2 Å². The van der Waals surface area contributed by atoms with Crippen molar-refractivity contribution in [3.05, 3.63) is 29.6 Å². The van der Waals surface area contributed by atoms with Gasteiger partial charge in [0.25, 0.3) is 0 Å². The second-order valence-corrected chi connectivity index (χ2v) is 5.51. The van der Waals surface area contributed by atoms with Crippen molar-refractivity contribution in [1.82, 2.24) is 4.98 Å². The molecule has 5 heteroatoms. The van der Waals surface area contributed by atoms with Crippen LogP contribution in [0.25, 0.3) is 11.3 Å². The maximum absolute atomic E-state index is 11.5. The van der Waals surface area contributed by atoms with E-state index < -0.39 is 0 Å². The topological polar surface area (TPSA) is 45.2 Å². The van der Waals surface area contributed by atoms with E-state index >= 15 is 0 Å². The van der Waals surface area contributed by atoms with E-state index in [1.807, 2.05) is 31.2 Å². The predicted molar refractivity (Wildman–Crippen MR) is 90.0 cm³/mol. The van der Waals surface area contributed by atoms with Crippen LogP contribution in [-0.2, 0) is 4.79 Å². The molecular formula is C16H21N3OS. The van der Waals surface area contributed by atoms with Crippen LogP contribution in [0.1, 0.15) is 27.2 Å². The fourth-order valence-electron chi connectivity index (χ4n) is 2.04. The summed E-state index contributed by atoms with van der Waals surface area (Å²) >= 11 is 1.65. The molecule has 0 aliphatic carbocycles. The highest BCUT2D eigenvalue weighted by molar-refractivity contribution is 7.14. The highest BCUT2D eigenvalue weighted by Crippen LogP contribution is 2.28. The monoisotopic (exact) mass is 303 g/mol. The number of thiazole rings is 1. The lowest BCUT2D eigenvalue weighted by Gasteiger charge is -2.16. The first-order chi connectivity index (χ1) is 10.2. The van der Waals surface area contributed by atoms with Crippen LogP contribution in [0.2, 0.25) is 0 Å². The van der Waals surface area contributed by atoms with Crippen LogP contribution in [0.15, 0.2) is 29.6 Å². The van der Waals surface area contributed by atoms with Gasteiger partial charge in [0.1, 0.15) is 0 Å². The Labute approximate surface area is 129 Å². The fourth-order valence-corrected chi connectivity index (χ4v) is 3.01. The summed E-state index contributed by atoms with van der Waals surface area (Å²) in [5, 5.41) is 5.98.